The Balaban J connectivity index is 1.39. The highest BCUT2D eigenvalue weighted by Gasteiger charge is 2.10. The summed E-state index contributed by atoms with van der Waals surface area (Å²) in [7, 11) is 0. The molecule has 3 aromatic heterocycles. The van der Waals surface area contributed by atoms with Crippen LogP contribution in [0.15, 0.2) is 23.2 Å². The second-order valence-electron chi connectivity index (χ2n) is 5.72. The van der Waals surface area contributed by atoms with Crippen LogP contribution >= 0.6 is 0 Å². The van der Waals surface area contributed by atoms with Gasteiger partial charge in [-0.1, -0.05) is 5.16 Å². The van der Waals surface area contributed by atoms with Crippen molar-refractivity contribution in [1.82, 2.24) is 30.1 Å². The molecule has 3 rings (SSSR count). The van der Waals surface area contributed by atoms with E-state index in [0.717, 1.165) is 35.4 Å². The lowest BCUT2D eigenvalue weighted by Crippen LogP contribution is -2.25. The second-order valence-corrected chi connectivity index (χ2v) is 5.72. The Kier molecular flexibility index (Phi) is 4.83. The van der Waals surface area contributed by atoms with Crippen molar-refractivity contribution >= 4 is 11.7 Å². The molecule has 8 nitrogen and oxygen atoms in total. The fourth-order valence-corrected chi connectivity index (χ4v) is 2.59. The summed E-state index contributed by atoms with van der Waals surface area (Å²) in [4.78, 5) is 20.1. The molecule has 0 radical (unpaired) electrons. The lowest BCUT2D eigenvalue weighted by Gasteiger charge is -2.05. The summed E-state index contributed by atoms with van der Waals surface area (Å²) in [6, 6.07) is 0. The van der Waals surface area contributed by atoms with E-state index in [4.69, 9.17) is 4.52 Å². The fourth-order valence-electron chi connectivity index (χ4n) is 2.59. The Morgan fingerprint density at radius 1 is 1.29 bits per heavy atom. The molecular weight excluding hydrogens is 308 g/mol. The third-order valence-corrected chi connectivity index (χ3v) is 3.94. The lowest BCUT2D eigenvalue weighted by atomic mass is 10.1. The van der Waals surface area contributed by atoms with Crippen LogP contribution in [0.1, 0.15) is 35.4 Å². The predicted molar refractivity (Wildman–Crippen MR) is 86.4 cm³/mol. The van der Waals surface area contributed by atoms with Gasteiger partial charge in [-0.15, -0.1) is 0 Å². The summed E-state index contributed by atoms with van der Waals surface area (Å²) < 4.78 is 6.75. The molecule has 0 aliphatic carbocycles. The van der Waals surface area contributed by atoms with Crippen molar-refractivity contribution in [3.63, 3.8) is 0 Å². The van der Waals surface area contributed by atoms with Gasteiger partial charge in [0.1, 0.15) is 12.1 Å². The van der Waals surface area contributed by atoms with E-state index >= 15 is 0 Å². The first-order valence-corrected chi connectivity index (χ1v) is 7.96. The SMILES string of the molecule is Cc1noc(C)c1CCC(=O)NCCCc1cnc2ncnn2c1. The van der Waals surface area contributed by atoms with Gasteiger partial charge >= 0.3 is 0 Å². The number of hydrogen-bond acceptors (Lipinski definition) is 6. The van der Waals surface area contributed by atoms with E-state index in [1.165, 1.54) is 6.33 Å². The highest BCUT2D eigenvalue weighted by Crippen LogP contribution is 2.14. The van der Waals surface area contributed by atoms with Gasteiger partial charge in [0.15, 0.2) is 0 Å². The van der Waals surface area contributed by atoms with Crippen LogP contribution in [0.3, 0.4) is 0 Å². The summed E-state index contributed by atoms with van der Waals surface area (Å²) in [5, 5.41) is 10.9. The van der Waals surface area contributed by atoms with Gasteiger partial charge in [0.05, 0.1) is 5.69 Å². The molecule has 0 aliphatic heterocycles. The maximum Gasteiger partial charge on any atom is 0.252 e. The molecule has 0 spiro atoms. The average Bonchev–Trinajstić information content (AvgIpc) is 3.16. The number of nitrogens with one attached hydrogen (secondary N) is 1. The average molecular weight is 328 g/mol. The smallest absolute Gasteiger partial charge is 0.252 e. The van der Waals surface area contributed by atoms with Gasteiger partial charge in [-0.25, -0.2) is 9.50 Å². The molecule has 0 aromatic carbocycles. The number of rotatable bonds is 7. The Morgan fingerprint density at radius 2 is 2.17 bits per heavy atom. The minimum absolute atomic E-state index is 0.0415. The number of amides is 1. The summed E-state index contributed by atoms with van der Waals surface area (Å²) in [6.45, 7) is 4.40. The number of aryl methyl sites for hydroxylation is 3. The van der Waals surface area contributed by atoms with Crippen LogP contribution in [0.5, 0.6) is 0 Å². The summed E-state index contributed by atoms with van der Waals surface area (Å²) in [5.41, 5.74) is 2.95. The van der Waals surface area contributed by atoms with E-state index in [0.29, 0.717) is 25.2 Å². The highest BCUT2D eigenvalue weighted by atomic mass is 16.5. The third kappa shape index (κ3) is 3.76. The normalized spacial score (nSPS) is 11.1. The van der Waals surface area contributed by atoms with Crippen molar-refractivity contribution in [2.75, 3.05) is 6.54 Å². The molecule has 0 unspecified atom stereocenters. The summed E-state index contributed by atoms with van der Waals surface area (Å²) in [5.74, 6) is 1.42. The molecule has 0 bridgehead atoms. The largest absolute Gasteiger partial charge is 0.361 e. The van der Waals surface area contributed by atoms with Crippen LogP contribution in [0.4, 0.5) is 0 Å². The Bertz CT molecular complexity index is 819. The first kappa shape index (κ1) is 16.1. The van der Waals surface area contributed by atoms with E-state index in [-0.39, 0.29) is 5.91 Å². The first-order chi connectivity index (χ1) is 11.6. The van der Waals surface area contributed by atoms with E-state index in [2.05, 4.69) is 25.5 Å². The van der Waals surface area contributed by atoms with Crippen LogP contribution in [0.25, 0.3) is 5.78 Å². The molecular formula is C16H20N6O2. The van der Waals surface area contributed by atoms with Crippen molar-refractivity contribution in [3.05, 3.63) is 41.3 Å². The maximum absolute atomic E-state index is 11.9. The zero-order valence-electron chi connectivity index (χ0n) is 13.8. The van der Waals surface area contributed by atoms with Crippen molar-refractivity contribution in [3.8, 4) is 0 Å². The molecule has 1 N–H and O–H groups in total. The van der Waals surface area contributed by atoms with Gasteiger partial charge in [-0.05, 0) is 38.7 Å². The van der Waals surface area contributed by atoms with Crippen LogP contribution in [-0.2, 0) is 17.6 Å². The number of hydrogen-bond donors (Lipinski definition) is 1. The molecule has 0 atom stereocenters. The van der Waals surface area contributed by atoms with Gasteiger partial charge < -0.3 is 9.84 Å². The molecule has 126 valence electrons. The van der Waals surface area contributed by atoms with E-state index in [1.54, 1.807) is 10.7 Å². The van der Waals surface area contributed by atoms with Crippen LogP contribution in [-0.4, -0.2) is 37.2 Å². The third-order valence-electron chi connectivity index (χ3n) is 3.94. The van der Waals surface area contributed by atoms with Gasteiger partial charge in [0.25, 0.3) is 5.78 Å². The molecule has 0 aliphatic rings. The standard InChI is InChI=1S/C16H20N6O2/c1-11-14(12(2)24-21-11)5-6-15(23)17-7-3-4-13-8-18-16-19-10-20-22(16)9-13/h8-10H,3-7H2,1-2H3,(H,17,23). The maximum atomic E-state index is 11.9. The monoisotopic (exact) mass is 328 g/mol. The number of carbonyl (C=O) groups excluding carboxylic acids is 1. The quantitative estimate of drug-likeness (QED) is 0.659. The fraction of sp³-hybridized carbons (Fsp3) is 0.438. The lowest BCUT2D eigenvalue weighted by molar-refractivity contribution is -0.121. The van der Waals surface area contributed by atoms with E-state index in [1.807, 2.05) is 20.0 Å². The number of carbonyl (C=O) groups is 1. The van der Waals surface area contributed by atoms with E-state index in [9.17, 15) is 4.79 Å². The zero-order chi connectivity index (χ0) is 16.9. The number of aromatic nitrogens is 5. The Labute approximate surface area is 139 Å². The van der Waals surface area contributed by atoms with Crippen LogP contribution in [0, 0.1) is 13.8 Å². The van der Waals surface area contributed by atoms with Crippen LogP contribution in [0.2, 0.25) is 0 Å². The van der Waals surface area contributed by atoms with Crippen molar-refractivity contribution < 1.29 is 9.32 Å². The number of fused-ring (bicyclic) bond motifs is 1. The molecule has 3 heterocycles. The molecule has 1 amide bonds. The molecule has 3 aromatic rings. The minimum atomic E-state index is 0.0415. The van der Waals surface area contributed by atoms with Crippen molar-refractivity contribution in [1.29, 1.82) is 0 Å². The highest BCUT2D eigenvalue weighted by molar-refractivity contribution is 5.76. The van der Waals surface area contributed by atoms with Crippen molar-refractivity contribution in [2.24, 2.45) is 0 Å². The number of nitrogens with zero attached hydrogens (tertiary/aromatic N) is 5. The topological polar surface area (TPSA) is 98.2 Å². The predicted octanol–water partition coefficient (Wildman–Crippen LogP) is 1.41. The molecule has 0 fully saturated rings. The Hall–Kier alpha value is -2.77. The Morgan fingerprint density at radius 3 is 2.96 bits per heavy atom. The zero-order valence-corrected chi connectivity index (χ0v) is 13.8. The minimum Gasteiger partial charge on any atom is -0.361 e. The molecule has 0 saturated carbocycles. The molecule has 8 heteroatoms. The van der Waals surface area contributed by atoms with Gasteiger partial charge in [-0.3, -0.25) is 4.79 Å². The van der Waals surface area contributed by atoms with E-state index < -0.39 is 0 Å². The van der Waals surface area contributed by atoms with Crippen molar-refractivity contribution in [2.45, 2.75) is 39.5 Å². The molecule has 24 heavy (non-hydrogen) atoms. The summed E-state index contributed by atoms with van der Waals surface area (Å²) >= 11 is 0. The van der Waals surface area contributed by atoms with Gasteiger partial charge in [0.2, 0.25) is 5.91 Å². The molecule has 0 saturated heterocycles. The van der Waals surface area contributed by atoms with Gasteiger partial charge in [0, 0.05) is 30.9 Å². The van der Waals surface area contributed by atoms with Crippen LogP contribution < -0.4 is 5.32 Å². The summed E-state index contributed by atoms with van der Waals surface area (Å²) in [6.07, 6.45) is 7.95. The first-order valence-electron chi connectivity index (χ1n) is 7.96. The van der Waals surface area contributed by atoms with Gasteiger partial charge in [-0.2, -0.15) is 10.1 Å². The second kappa shape index (κ2) is 7.20.